The minimum absolute atomic E-state index is 0.177. The lowest BCUT2D eigenvalue weighted by atomic mass is 10.1. The van der Waals surface area contributed by atoms with Crippen LogP contribution in [0, 0.1) is 6.92 Å². The van der Waals surface area contributed by atoms with Gasteiger partial charge in [-0.3, -0.25) is 9.59 Å². The minimum atomic E-state index is -0.771. The van der Waals surface area contributed by atoms with Gasteiger partial charge >= 0.3 is 11.6 Å². The molecule has 0 radical (unpaired) electrons. The molecule has 0 unspecified atom stereocenters. The predicted octanol–water partition coefficient (Wildman–Crippen LogP) is 1.82. The lowest BCUT2D eigenvalue weighted by Gasteiger charge is -2.08. The zero-order valence-electron chi connectivity index (χ0n) is 15.2. The number of benzene rings is 1. The third kappa shape index (κ3) is 4.99. The molecule has 3 N–H and O–H groups in total. The summed E-state index contributed by atoms with van der Waals surface area (Å²) in [5, 5.41) is 5.08. The van der Waals surface area contributed by atoms with Crippen molar-refractivity contribution in [3.05, 3.63) is 57.3 Å². The van der Waals surface area contributed by atoms with Gasteiger partial charge < -0.3 is 24.9 Å². The quantitative estimate of drug-likeness (QED) is 0.442. The number of hydrogen-bond acceptors (Lipinski definition) is 8. The molecule has 9 nitrogen and oxygen atoms in total. The number of carbonyl (C=O) groups is 3. The number of primary amides is 1. The van der Waals surface area contributed by atoms with Gasteiger partial charge in [0.15, 0.2) is 13.2 Å². The molecule has 0 fully saturated rings. The summed E-state index contributed by atoms with van der Waals surface area (Å²) in [7, 11) is 0. The smallest absolute Gasteiger partial charge is 0.344 e. The Bertz CT molecular complexity index is 1150. The van der Waals surface area contributed by atoms with Crippen LogP contribution in [0.3, 0.4) is 0 Å². The molecule has 10 heteroatoms. The van der Waals surface area contributed by atoms with E-state index in [0.29, 0.717) is 11.3 Å². The summed E-state index contributed by atoms with van der Waals surface area (Å²) >= 11 is 1.12. The third-order valence-corrected chi connectivity index (χ3v) is 4.66. The first kappa shape index (κ1) is 20.1. The van der Waals surface area contributed by atoms with Crippen molar-refractivity contribution in [1.82, 2.24) is 0 Å². The Labute approximate surface area is 168 Å². The summed E-state index contributed by atoms with van der Waals surface area (Å²) < 4.78 is 15.3. The molecule has 0 saturated carbocycles. The van der Waals surface area contributed by atoms with Gasteiger partial charge in [-0.05, 0) is 36.1 Å². The first-order valence-electron chi connectivity index (χ1n) is 8.33. The molecule has 0 aliphatic rings. The van der Waals surface area contributed by atoms with E-state index in [4.69, 9.17) is 19.6 Å². The number of aryl methyl sites for hydroxylation is 1. The van der Waals surface area contributed by atoms with E-state index in [1.807, 2.05) is 0 Å². The molecule has 0 aliphatic heterocycles. The highest BCUT2D eigenvalue weighted by Crippen LogP contribution is 2.23. The second kappa shape index (κ2) is 8.57. The zero-order chi connectivity index (χ0) is 21.0. The van der Waals surface area contributed by atoms with E-state index in [9.17, 15) is 19.2 Å². The predicted molar refractivity (Wildman–Crippen MR) is 105 cm³/mol. The number of anilines is 1. The number of amides is 2. The molecule has 29 heavy (non-hydrogen) atoms. The van der Waals surface area contributed by atoms with Gasteiger partial charge in [0.2, 0.25) is 0 Å². The zero-order valence-corrected chi connectivity index (χ0v) is 16.0. The normalized spacial score (nSPS) is 10.5. The summed E-state index contributed by atoms with van der Waals surface area (Å²) in [4.78, 5) is 46.3. The highest BCUT2D eigenvalue weighted by molar-refractivity contribution is 7.14. The molecule has 0 aliphatic carbocycles. The summed E-state index contributed by atoms with van der Waals surface area (Å²) in [5.41, 5.74) is 5.98. The maximum absolute atomic E-state index is 11.9. The van der Waals surface area contributed by atoms with Crippen molar-refractivity contribution in [2.24, 2.45) is 5.73 Å². The second-order valence-electron chi connectivity index (χ2n) is 5.93. The Hall–Kier alpha value is -3.66. The third-order valence-electron chi connectivity index (χ3n) is 3.83. The number of carbonyl (C=O) groups excluding carboxylic acids is 3. The van der Waals surface area contributed by atoms with E-state index in [1.165, 1.54) is 18.2 Å². The number of ether oxygens (including phenoxy) is 2. The largest absolute Gasteiger partial charge is 0.482 e. The Kier molecular flexibility index (Phi) is 5.93. The standard InChI is InChI=1S/C19H16N2O7S/c1-10-6-16(23)28-14-7-11(2-3-12(10)14)26-9-17(24)27-8-15(22)21-19-13(18(20)25)4-5-29-19/h2-7H,8-9H2,1H3,(H2,20,25)(H,21,22). The van der Waals surface area contributed by atoms with Crippen LogP contribution < -0.4 is 21.4 Å². The molecule has 2 heterocycles. The van der Waals surface area contributed by atoms with Crippen molar-refractivity contribution in [2.45, 2.75) is 6.92 Å². The molecular formula is C19H16N2O7S. The number of hydrogen-bond donors (Lipinski definition) is 2. The topological polar surface area (TPSA) is 138 Å². The molecule has 0 atom stereocenters. The van der Waals surface area contributed by atoms with Crippen molar-refractivity contribution in [2.75, 3.05) is 18.5 Å². The molecule has 0 spiro atoms. The molecule has 2 amide bonds. The average molecular weight is 416 g/mol. The summed E-state index contributed by atoms with van der Waals surface area (Å²) in [6, 6.07) is 7.69. The van der Waals surface area contributed by atoms with E-state index in [1.54, 1.807) is 24.4 Å². The Morgan fingerprint density at radius 2 is 1.97 bits per heavy atom. The molecule has 1 aromatic carbocycles. The number of nitrogens with two attached hydrogens (primary N) is 1. The van der Waals surface area contributed by atoms with Crippen LogP contribution in [0.4, 0.5) is 5.00 Å². The van der Waals surface area contributed by atoms with E-state index < -0.39 is 36.6 Å². The van der Waals surface area contributed by atoms with Crippen molar-refractivity contribution in [3.8, 4) is 5.75 Å². The molecule has 2 aromatic heterocycles. The van der Waals surface area contributed by atoms with Crippen LogP contribution in [0.1, 0.15) is 15.9 Å². The van der Waals surface area contributed by atoms with Crippen LogP contribution in [0.25, 0.3) is 11.0 Å². The SMILES string of the molecule is Cc1cc(=O)oc2cc(OCC(=O)OCC(=O)Nc3sccc3C(N)=O)ccc12. The fourth-order valence-electron chi connectivity index (χ4n) is 2.49. The lowest BCUT2D eigenvalue weighted by molar-refractivity contribution is -0.149. The second-order valence-corrected chi connectivity index (χ2v) is 6.85. The average Bonchev–Trinajstić information content (AvgIpc) is 3.12. The van der Waals surface area contributed by atoms with Crippen LogP contribution in [-0.4, -0.2) is 31.0 Å². The maximum atomic E-state index is 11.9. The molecule has 150 valence electrons. The molecule has 3 aromatic rings. The van der Waals surface area contributed by atoms with E-state index in [-0.39, 0.29) is 10.6 Å². The van der Waals surface area contributed by atoms with Crippen LogP contribution in [0.5, 0.6) is 5.75 Å². The molecule has 0 bridgehead atoms. The number of rotatable bonds is 7. The van der Waals surface area contributed by atoms with Crippen LogP contribution in [0.2, 0.25) is 0 Å². The van der Waals surface area contributed by atoms with Gasteiger partial charge in [-0.1, -0.05) is 0 Å². The van der Waals surface area contributed by atoms with Gasteiger partial charge in [0, 0.05) is 17.5 Å². The monoisotopic (exact) mass is 416 g/mol. The number of thiophene rings is 1. The van der Waals surface area contributed by atoms with Gasteiger partial charge in [0.1, 0.15) is 16.3 Å². The van der Waals surface area contributed by atoms with Crippen LogP contribution in [0.15, 0.2) is 44.9 Å². The van der Waals surface area contributed by atoms with Gasteiger partial charge in [0.05, 0.1) is 5.56 Å². The first-order chi connectivity index (χ1) is 13.8. The minimum Gasteiger partial charge on any atom is -0.482 e. The number of nitrogens with one attached hydrogen (secondary N) is 1. The van der Waals surface area contributed by atoms with Crippen molar-refractivity contribution >= 4 is 45.1 Å². The van der Waals surface area contributed by atoms with Crippen molar-refractivity contribution in [1.29, 1.82) is 0 Å². The van der Waals surface area contributed by atoms with Gasteiger partial charge in [-0.2, -0.15) is 0 Å². The first-order valence-corrected chi connectivity index (χ1v) is 9.21. The van der Waals surface area contributed by atoms with Gasteiger partial charge in [-0.25, -0.2) is 9.59 Å². The van der Waals surface area contributed by atoms with Crippen molar-refractivity contribution in [3.63, 3.8) is 0 Å². The van der Waals surface area contributed by atoms with Gasteiger partial charge in [-0.15, -0.1) is 11.3 Å². The summed E-state index contributed by atoms with van der Waals surface area (Å²) in [6.07, 6.45) is 0. The number of esters is 1. The Balaban J connectivity index is 1.51. The fraction of sp³-hybridized carbons (Fsp3) is 0.158. The summed E-state index contributed by atoms with van der Waals surface area (Å²) in [6.45, 7) is 0.787. The highest BCUT2D eigenvalue weighted by Gasteiger charge is 2.14. The fourth-order valence-corrected chi connectivity index (χ4v) is 3.30. The maximum Gasteiger partial charge on any atom is 0.344 e. The van der Waals surface area contributed by atoms with E-state index >= 15 is 0 Å². The number of fused-ring (bicyclic) bond motifs is 1. The van der Waals surface area contributed by atoms with Crippen molar-refractivity contribution < 1.29 is 28.3 Å². The van der Waals surface area contributed by atoms with E-state index in [2.05, 4.69) is 5.32 Å². The Morgan fingerprint density at radius 1 is 1.17 bits per heavy atom. The van der Waals surface area contributed by atoms with Gasteiger partial charge in [0.25, 0.3) is 11.8 Å². The van der Waals surface area contributed by atoms with Crippen LogP contribution in [-0.2, 0) is 14.3 Å². The highest BCUT2D eigenvalue weighted by atomic mass is 32.1. The molecule has 3 rings (SSSR count). The molecule has 0 saturated heterocycles. The summed E-state index contributed by atoms with van der Waals surface area (Å²) in [5.74, 6) is -1.76. The van der Waals surface area contributed by atoms with E-state index in [0.717, 1.165) is 22.3 Å². The van der Waals surface area contributed by atoms with Crippen LogP contribution >= 0.6 is 11.3 Å². The molecular weight excluding hydrogens is 400 g/mol. The Morgan fingerprint density at radius 3 is 2.72 bits per heavy atom. The lowest BCUT2D eigenvalue weighted by Crippen LogP contribution is -2.24.